The maximum absolute atomic E-state index is 12.5. The first-order valence-electron chi connectivity index (χ1n) is 10.3. The van der Waals surface area contributed by atoms with E-state index in [9.17, 15) is 9.59 Å². The van der Waals surface area contributed by atoms with Crippen LogP contribution < -0.4 is 10.6 Å². The van der Waals surface area contributed by atoms with Crippen LogP contribution in [0.15, 0.2) is 76.5 Å². The van der Waals surface area contributed by atoms with E-state index in [0.29, 0.717) is 28.9 Å². The van der Waals surface area contributed by atoms with E-state index in [1.165, 1.54) is 18.7 Å². The molecule has 2 heterocycles. The number of amides is 2. The first kappa shape index (κ1) is 22.3. The first-order valence-corrected chi connectivity index (χ1v) is 11.3. The second-order valence-corrected chi connectivity index (χ2v) is 8.31. The van der Waals surface area contributed by atoms with Crippen molar-refractivity contribution in [3.05, 3.63) is 78.3 Å². The van der Waals surface area contributed by atoms with Gasteiger partial charge in [-0.25, -0.2) is 0 Å². The first-order chi connectivity index (χ1) is 16.0. The zero-order valence-electron chi connectivity index (χ0n) is 18.2. The van der Waals surface area contributed by atoms with Crippen LogP contribution in [0.2, 0.25) is 0 Å². The standard InChI is InChI=1S/C24H23N5O3S/c1-16-21(12-13-32-16)23-27-28-24(29(23)14-18-6-4-3-5-7-18)33-15-22(31)26-20-10-8-19(9-11-20)25-17(2)30/h3-13H,14-15H2,1-2H3,(H,25,30)(H,26,31). The van der Waals surface area contributed by atoms with Crippen LogP contribution in [0.1, 0.15) is 18.2 Å². The number of aromatic nitrogens is 3. The van der Waals surface area contributed by atoms with E-state index in [-0.39, 0.29) is 17.6 Å². The van der Waals surface area contributed by atoms with Crippen molar-refractivity contribution >= 4 is 35.0 Å². The topological polar surface area (TPSA) is 102 Å². The Morgan fingerprint density at radius 1 is 0.970 bits per heavy atom. The second kappa shape index (κ2) is 10.2. The maximum atomic E-state index is 12.5. The minimum atomic E-state index is -0.164. The normalized spacial score (nSPS) is 10.7. The molecule has 0 saturated carbocycles. The lowest BCUT2D eigenvalue weighted by Crippen LogP contribution is -2.15. The van der Waals surface area contributed by atoms with Gasteiger partial charge in [-0.3, -0.25) is 14.2 Å². The third kappa shape index (κ3) is 5.69. The zero-order chi connectivity index (χ0) is 23.2. The summed E-state index contributed by atoms with van der Waals surface area (Å²) < 4.78 is 7.45. The number of thioether (sulfide) groups is 1. The monoisotopic (exact) mass is 461 g/mol. The molecule has 0 fully saturated rings. The zero-order valence-corrected chi connectivity index (χ0v) is 19.1. The van der Waals surface area contributed by atoms with E-state index in [4.69, 9.17) is 4.42 Å². The number of hydrogen-bond donors (Lipinski definition) is 2. The van der Waals surface area contributed by atoms with Gasteiger partial charge in [0.2, 0.25) is 11.8 Å². The van der Waals surface area contributed by atoms with Crippen molar-refractivity contribution in [2.75, 3.05) is 16.4 Å². The fourth-order valence-corrected chi connectivity index (χ4v) is 4.03. The van der Waals surface area contributed by atoms with Gasteiger partial charge in [0.1, 0.15) is 5.76 Å². The van der Waals surface area contributed by atoms with Crippen molar-refractivity contribution in [3.63, 3.8) is 0 Å². The highest BCUT2D eigenvalue weighted by molar-refractivity contribution is 7.99. The van der Waals surface area contributed by atoms with Crippen molar-refractivity contribution < 1.29 is 14.0 Å². The SMILES string of the molecule is CC(=O)Nc1ccc(NC(=O)CSc2nnc(-c3ccoc3C)n2Cc2ccccc2)cc1. The highest BCUT2D eigenvalue weighted by Crippen LogP contribution is 2.28. The lowest BCUT2D eigenvalue weighted by atomic mass is 10.2. The fraction of sp³-hybridized carbons (Fsp3) is 0.167. The highest BCUT2D eigenvalue weighted by atomic mass is 32.2. The molecule has 33 heavy (non-hydrogen) atoms. The summed E-state index contributed by atoms with van der Waals surface area (Å²) >= 11 is 1.32. The van der Waals surface area contributed by atoms with Crippen LogP contribution >= 0.6 is 11.8 Å². The van der Waals surface area contributed by atoms with Crippen LogP contribution in [0.4, 0.5) is 11.4 Å². The molecule has 2 amide bonds. The van der Waals surface area contributed by atoms with Gasteiger partial charge in [0.25, 0.3) is 0 Å². The van der Waals surface area contributed by atoms with Gasteiger partial charge in [-0.05, 0) is 42.8 Å². The Balaban J connectivity index is 1.47. The predicted molar refractivity (Wildman–Crippen MR) is 128 cm³/mol. The summed E-state index contributed by atoms with van der Waals surface area (Å²) in [5.74, 6) is 1.32. The maximum Gasteiger partial charge on any atom is 0.234 e. The Hall–Kier alpha value is -3.85. The summed E-state index contributed by atoms with van der Waals surface area (Å²) in [5, 5.41) is 14.9. The Bertz CT molecular complexity index is 1250. The number of hydrogen-bond acceptors (Lipinski definition) is 6. The van der Waals surface area contributed by atoms with Gasteiger partial charge in [0, 0.05) is 18.3 Å². The van der Waals surface area contributed by atoms with E-state index in [1.807, 2.05) is 47.9 Å². The number of nitrogens with one attached hydrogen (secondary N) is 2. The van der Waals surface area contributed by atoms with Gasteiger partial charge in [-0.1, -0.05) is 42.1 Å². The van der Waals surface area contributed by atoms with Crippen LogP contribution in [-0.2, 0) is 16.1 Å². The number of furan rings is 1. The number of rotatable bonds is 8. The molecule has 4 rings (SSSR count). The molecule has 2 aromatic heterocycles. The minimum Gasteiger partial charge on any atom is -0.469 e. The Morgan fingerprint density at radius 3 is 2.30 bits per heavy atom. The van der Waals surface area contributed by atoms with Gasteiger partial charge in [-0.2, -0.15) is 0 Å². The number of anilines is 2. The lowest BCUT2D eigenvalue weighted by Gasteiger charge is -2.10. The summed E-state index contributed by atoms with van der Waals surface area (Å²) in [6.07, 6.45) is 1.63. The molecule has 8 nitrogen and oxygen atoms in total. The Morgan fingerprint density at radius 2 is 1.67 bits per heavy atom. The molecule has 2 N–H and O–H groups in total. The number of nitrogens with zero attached hydrogens (tertiary/aromatic N) is 3. The van der Waals surface area contributed by atoms with Gasteiger partial charge in [-0.15, -0.1) is 10.2 Å². The molecule has 0 aliphatic heterocycles. The van der Waals surface area contributed by atoms with E-state index in [0.717, 1.165) is 16.9 Å². The summed E-state index contributed by atoms with van der Waals surface area (Å²) in [6, 6.07) is 18.8. The van der Waals surface area contributed by atoms with Crippen LogP contribution in [-0.4, -0.2) is 32.3 Å². The van der Waals surface area contributed by atoms with E-state index >= 15 is 0 Å². The molecule has 168 valence electrons. The van der Waals surface area contributed by atoms with E-state index in [2.05, 4.69) is 20.8 Å². The summed E-state index contributed by atoms with van der Waals surface area (Å²) in [6.45, 7) is 3.90. The average Bonchev–Trinajstić information content (AvgIpc) is 3.39. The summed E-state index contributed by atoms with van der Waals surface area (Å²) in [7, 11) is 0. The second-order valence-electron chi connectivity index (χ2n) is 7.36. The quantitative estimate of drug-likeness (QED) is 0.372. The summed E-state index contributed by atoms with van der Waals surface area (Å²) in [5.41, 5.74) is 3.29. The molecule has 0 unspecified atom stereocenters. The minimum absolute atomic E-state index is 0.146. The molecule has 0 radical (unpaired) electrons. The smallest absolute Gasteiger partial charge is 0.234 e. The Labute approximate surface area is 195 Å². The van der Waals surface area contributed by atoms with Gasteiger partial charge in [0.15, 0.2) is 11.0 Å². The number of benzene rings is 2. The molecule has 9 heteroatoms. The van der Waals surface area contributed by atoms with Crippen molar-refractivity contribution in [3.8, 4) is 11.4 Å². The van der Waals surface area contributed by atoms with Crippen LogP contribution in [0.5, 0.6) is 0 Å². The largest absolute Gasteiger partial charge is 0.469 e. The molecule has 0 aliphatic rings. The van der Waals surface area contributed by atoms with Crippen molar-refractivity contribution in [2.45, 2.75) is 25.5 Å². The molecule has 0 saturated heterocycles. The molecule has 4 aromatic rings. The van der Waals surface area contributed by atoms with Gasteiger partial charge in [0.05, 0.1) is 24.1 Å². The molecule has 0 atom stereocenters. The van der Waals surface area contributed by atoms with E-state index in [1.54, 1.807) is 30.5 Å². The van der Waals surface area contributed by atoms with Crippen LogP contribution in [0.3, 0.4) is 0 Å². The number of carbonyl (C=O) groups excluding carboxylic acids is 2. The fourth-order valence-electron chi connectivity index (χ4n) is 3.29. The molecular weight excluding hydrogens is 438 g/mol. The molecule has 2 aromatic carbocycles. The molecule has 0 spiro atoms. The average molecular weight is 462 g/mol. The van der Waals surface area contributed by atoms with Crippen molar-refractivity contribution in [1.82, 2.24) is 14.8 Å². The van der Waals surface area contributed by atoms with Gasteiger partial charge >= 0.3 is 0 Å². The van der Waals surface area contributed by atoms with Crippen LogP contribution in [0.25, 0.3) is 11.4 Å². The molecular formula is C24H23N5O3S. The molecule has 0 bridgehead atoms. The lowest BCUT2D eigenvalue weighted by molar-refractivity contribution is -0.114. The van der Waals surface area contributed by atoms with Crippen molar-refractivity contribution in [2.24, 2.45) is 0 Å². The third-order valence-corrected chi connectivity index (χ3v) is 5.79. The van der Waals surface area contributed by atoms with Crippen molar-refractivity contribution in [1.29, 1.82) is 0 Å². The Kier molecular flexibility index (Phi) is 6.89. The molecule has 0 aliphatic carbocycles. The summed E-state index contributed by atoms with van der Waals surface area (Å²) in [4.78, 5) is 23.7. The number of carbonyl (C=O) groups is 2. The third-order valence-electron chi connectivity index (χ3n) is 4.82. The highest BCUT2D eigenvalue weighted by Gasteiger charge is 2.18. The number of aryl methyl sites for hydroxylation is 1. The predicted octanol–water partition coefficient (Wildman–Crippen LogP) is 4.58. The van der Waals surface area contributed by atoms with Gasteiger partial charge < -0.3 is 15.1 Å². The van der Waals surface area contributed by atoms with E-state index < -0.39 is 0 Å². The van der Waals surface area contributed by atoms with Crippen LogP contribution in [0, 0.1) is 6.92 Å².